The highest BCUT2D eigenvalue weighted by Gasteiger charge is 2.23. The SMILES string of the molecule is CCCOC1CCCN(CC(C)C(=O)NN)C1. The Bertz CT molecular complexity index is 236. The molecule has 0 bridgehead atoms. The van der Waals surface area contributed by atoms with Crippen molar-refractivity contribution >= 4 is 5.91 Å². The molecule has 5 heteroatoms. The first-order valence-corrected chi connectivity index (χ1v) is 6.51. The van der Waals surface area contributed by atoms with E-state index < -0.39 is 0 Å². The first kappa shape index (κ1) is 14.4. The van der Waals surface area contributed by atoms with E-state index in [1.165, 1.54) is 0 Å². The van der Waals surface area contributed by atoms with Gasteiger partial charge in [-0.05, 0) is 25.8 Å². The van der Waals surface area contributed by atoms with Crippen LogP contribution in [0.25, 0.3) is 0 Å². The molecule has 1 amide bonds. The summed E-state index contributed by atoms with van der Waals surface area (Å²) in [5.41, 5.74) is 2.20. The van der Waals surface area contributed by atoms with Gasteiger partial charge in [-0.1, -0.05) is 13.8 Å². The average molecular weight is 243 g/mol. The number of carbonyl (C=O) groups is 1. The minimum absolute atomic E-state index is 0.0649. The monoisotopic (exact) mass is 243 g/mol. The van der Waals surface area contributed by atoms with Gasteiger partial charge < -0.3 is 4.74 Å². The molecule has 1 saturated heterocycles. The predicted molar refractivity (Wildman–Crippen MR) is 67.2 cm³/mol. The highest BCUT2D eigenvalue weighted by atomic mass is 16.5. The van der Waals surface area contributed by atoms with Crippen LogP contribution in [0.15, 0.2) is 0 Å². The molecule has 1 aliphatic rings. The molecule has 1 fully saturated rings. The third kappa shape index (κ3) is 5.02. The summed E-state index contributed by atoms with van der Waals surface area (Å²) < 4.78 is 5.76. The summed E-state index contributed by atoms with van der Waals surface area (Å²) in [5.74, 6) is 4.97. The summed E-state index contributed by atoms with van der Waals surface area (Å²) in [5, 5.41) is 0. The van der Waals surface area contributed by atoms with E-state index in [4.69, 9.17) is 10.6 Å². The standard InChI is InChI=1S/C12H25N3O2/c1-3-7-17-11-5-4-6-15(9-11)8-10(2)12(16)14-13/h10-11H,3-9,13H2,1-2H3,(H,14,16). The van der Waals surface area contributed by atoms with Gasteiger partial charge in [-0.3, -0.25) is 15.1 Å². The molecule has 0 radical (unpaired) electrons. The van der Waals surface area contributed by atoms with Crippen LogP contribution in [0.3, 0.4) is 0 Å². The highest BCUT2D eigenvalue weighted by Crippen LogP contribution is 2.14. The quantitative estimate of drug-likeness (QED) is 0.405. The molecular formula is C12H25N3O2. The number of hydrogen-bond acceptors (Lipinski definition) is 4. The van der Waals surface area contributed by atoms with Gasteiger partial charge in [0.15, 0.2) is 0 Å². The van der Waals surface area contributed by atoms with Gasteiger partial charge in [-0.15, -0.1) is 0 Å². The first-order valence-electron chi connectivity index (χ1n) is 6.51. The fraction of sp³-hybridized carbons (Fsp3) is 0.917. The molecule has 0 aliphatic carbocycles. The van der Waals surface area contributed by atoms with E-state index in [0.717, 1.165) is 45.5 Å². The lowest BCUT2D eigenvalue weighted by Crippen LogP contribution is -2.45. The molecule has 17 heavy (non-hydrogen) atoms. The van der Waals surface area contributed by atoms with E-state index in [9.17, 15) is 4.79 Å². The van der Waals surface area contributed by atoms with E-state index in [-0.39, 0.29) is 11.8 Å². The molecule has 0 aromatic rings. The molecule has 1 heterocycles. The van der Waals surface area contributed by atoms with Gasteiger partial charge in [0.2, 0.25) is 5.91 Å². The van der Waals surface area contributed by atoms with Crippen LogP contribution in [0.2, 0.25) is 0 Å². The number of piperidine rings is 1. The number of nitrogens with two attached hydrogens (primary N) is 1. The molecule has 2 unspecified atom stereocenters. The summed E-state index contributed by atoms with van der Waals surface area (Å²) >= 11 is 0. The van der Waals surface area contributed by atoms with Crippen molar-refractivity contribution in [2.24, 2.45) is 11.8 Å². The van der Waals surface area contributed by atoms with Gasteiger partial charge in [0, 0.05) is 25.6 Å². The minimum Gasteiger partial charge on any atom is -0.377 e. The number of rotatable bonds is 6. The molecule has 0 spiro atoms. The molecule has 1 rings (SSSR count). The second kappa shape index (κ2) is 7.63. The van der Waals surface area contributed by atoms with E-state index in [1.807, 2.05) is 6.92 Å². The molecular weight excluding hydrogens is 218 g/mol. The van der Waals surface area contributed by atoms with Crippen molar-refractivity contribution in [1.82, 2.24) is 10.3 Å². The zero-order valence-electron chi connectivity index (χ0n) is 10.9. The number of hydrazine groups is 1. The van der Waals surface area contributed by atoms with Crippen LogP contribution in [0, 0.1) is 5.92 Å². The maximum absolute atomic E-state index is 11.3. The van der Waals surface area contributed by atoms with E-state index in [0.29, 0.717) is 6.10 Å². The molecule has 0 aromatic carbocycles. The topological polar surface area (TPSA) is 67.6 Å². The van der Waals surface area contributed by atoms with Gasteiger partial charge in [0.1, 0.15) is 0 Å². The van der Waals surface area contributed by atoms with Crippen molar-refractivity contribution in [1.29, 1.82) is 0 Å². The largest absolute Gasteiger partial charge is 0.377 e. The number of carbonyl (C=O) groups excluding carboxylic acids is 1. The Hall–Kier alpha value is -0.650. The van der Waals surface area contributed by atoms with Crippen molar-refractivity contribution < 1.29 is 9.53 Å². The van der Waals surface area contributed by atoms with Gasteiger partial charge in [-0.25, -0.2) is 5.84 Å². The third-order valence-corrected chi connectivity index (χ3v) is 3.14. The van der Waals surface area contributed by atoms with Crippen molar-refractivity contribution in [2.45, 2.75) is 39.2 Å². The zero-order valence-corrected chi connectivity index (χ0v) is 10.9. The van der Waals surface area contributed by atoms with Gasteiger partial charge in [0.25, 0.3) is 0 Å². The Morgan fingerprint density at radius 3 is 3.06 bits per heavy atom. The van der Waals surface area contributed by atoms with Gasteiger partial charge in [0.05, 0.1) is 6.10 Å². The summed E-state index contributed by atoms with van der Waals surface area (Å²) in [6.45, 7) is 7.59. The number of hydrogen-bond donors (Lipinski definition) is 2. The van der Waals surface area contributed by atoms with Crippen LogP contribution < -0.4 is 11.3 Å². The van der Waals surface area contributed by atoms with E-state index in [1.54, 1.807) is 0 Å². The Labute approximate surface area is 104 Å². The fourth-order valence-corrected chi connectivity index (χ4v) is 2.21. The van der Waals surface area contributed by atoms with Crippen LogP contribution in [0.4, 0.5) is 0 Å². The van der Waals surface area contributed by atoms with Crippen molar-refractivity contribution in [3.63, 3.8) is 0 Å². The summed E-state index contributed by atoms with van der Waals surface area (Å²) in [7, 11) is 0. The normalized spacial score (nSPS) is 23.4. The molecule has 0 aromatic heterocycles. The van der Waals surface area contributed by atoms with Crippen LogP contribution in [0.5, 0.6) is 0 Å². The number of ether oxygens (including phenoxy) is 1. The average Bonchev–Trinajstić information content (AvgIpc) is 2.35. The van der Waals surface area contributed by atoms with Crippen LogP contribution in [-0.2, 0) is 9.53 Å². The Morgan fingerprint density at radius 2 is 2.41 bits per heavy atom. The second-order valence-corrected chi connectivity index (χ2v) is 4.80. The smallest absolute Gasteiger partial charge is 0.237 e. The highest BCUT2D eigenvalue weighted by molar-refractivity contribution is 5.77. The molecule has 3 N–H and O–H groups in total. The predicted octanol–water partition coefficient (Wildman–Crippen LogP) is 0.503. The summed E-state index contributed by atoms with van der Waals surface area (Å²) in [6.07, 6.45) is 3.67. The molecule has 0 saturated carbocycles. The Balaban J connectivity index is 2.31. The Morgan fingerprint density at radius 1 is 1.65 bits per heavy atom. The molecule has 5 nitrogen and oxygen atoms in total. The lowest BCUT2D eigenvalue weighted by Gasteiger charge is -2.33. The van der Waals surface area contributed by atoms with E-state index >= 15 is 0 Å². The number of likely N-dealkylation sites (tertiary alicyclic amines) is 1. The third-order valence-electron chi connectivity index (χ3n) is 3.14. The maximum atomic E-state index is 11.3. The maximum Gasteiger partial charge on any atom is 0.237 e. The number of nitrogens with zero attached hydrogens (tertiary/aromatic N) is 1. The van der Waals surface area contributed by atoms with Crippen molar-refractivity contribution in [3.05, 3.63) is 0 Å². The number of nitrogens with one attached hydrogen (secondary N) is 1. The lowest BCUT2D eigenvalue weighted by molar-refractivity contribution is -0.125. The molecule has 2 atom stereocenters. The summed E-state index contributed by atoms with van der Waals surface area (Å²) in [6, 6.07) is 0. The van der Waals surface area contributed by atoms with Crippen molar-refractivity contribution in [3.8, 4) is 0 Å². The fourth-order valence-electron chi connectivity index (χ4n) is 2.21. The summed E-state index contributed by atoms with van der Waals surface area (Å²) in [4.78, 5) is 13.6. The zero-order chi connectivity index (χ0) is 12.7. The second-order valence-electron chi connectivity index (χ2n) is 4.80. The lowest BCUT2D eigenvalue weighted by atomic mass is 10.1. The minimum atomic E-state index is -0.0957. The van der Waals surface area contributed by atoms with E-state index in [2.05, 4.69) is 17.2 Å². The van der Waals surface area contributed by atoms with Gasteiger partial charge >= 0.3 is 0 Å². The van der Waals surface area contributed by atoms with Crippen LogP contribution >= 0.6 is 0 Å². The molecule has 100 valence electrons. The van der Waals surface area contributed by atoms with Crippen molar-refractivity contribution in [2.75, 3.05) is 26.2 Å². The number of amides is 1. The first-order chi connectivity index (χ1) is 8.17. The molecule has 1 aliphatic heterocycles. The van der Waals surface area contributed by atoms with Gasteiger partial charge in [-0.2, -0.15) is 0 Å². The Kier molecular flexibility index (Phi) is 6.47. The van der Waals surface area contributed by atoms with Crippen LogP contribution in [0.1, 0.15) is 33.1 Å². The van der Waals surface area contributed by atoms with Crippen LogP contribution in [-0.4, -0.2) is 43.2 Å².